The van der Waals surface area contributed by atoms with Crippen LogP contribution in [0.4, 0.5) is 10.5 Å². The van der Waals surface area contributed by atoms with Crippen LogP contribution in [0, 0.1) is 11.8 Å². The number of anilines is 1. The number of likely N-dealkylation sites (N-methyl/N-ethyl adjacent to an activating group) is 1. The lowest BCUT2D eigenvalue weighted by atomic mass is 9.82. The minimum Gasteiger partial charge on any atom is -0.457 e. The van der Waals surface area contributed by atoms with Gasteiger partial charge in [0.25, 0.3) is 0 Å². The van der Waals surface area contributed by atoms with E-state index in [1.54, 1.807) is 56.8 Å². The molecule has 0 radical (unpaired) electrons. The molecular weight excluding hydrogens is 726 g/mol. The van der Waals surface area contributed by atoms with Crippen LogP contribution < -0.4 is 10.2 Å². The highest BCUT2D eigenvalue weighted by molar-refractivity contribution is 7.99. The lowest BCUT2D eigenvalue weighted by Crippen LogP contribution is -2.61. The van der Waals surface area contributed by atoms with Gasteiger partial charge in [0, 0.05) is 44.2 Å². The van der Waals surface area contributed by atoms with Gasteiger partial charge in [0.15, 0.2) is 12.0 Å². The Labute approximate surface area is 319 Å². The second-order valence-electron chi connectivity index (χ2n) is 14.6. The number of alkyl carbamates (subject to hydrolysis) is 1. The number of aldehydes is 2. The summed E-state index contributed by atoms with van der Waals surface area (Å²) in [5.74, 6) is -2.66. The van der Waals surface area contributed by atoms with Crippen molar-refractivity contribution in [3.63, 3.8) is 0 Å². The molecule has 0 saturated carbocycles. The molecule has 1 aromatic rings. The molecule has 2 fully saturated rings. The molecule has 53 heavy (non-hydrogen) atoms. The first kappa shape index (κ1) is 42.0. The number of rotatable bonds is 9. The van der Waals surface area contributed by atoms with Gasteiger partial charge in [-0.3, -0.25) is 19.7 Å². The highest BCUT2D eigenvalue weighted by Crippen LogP contribution is 2.49. The Morgan fingerprint density at radius 3 is 2.58 bits per heavy atom. The molecule has 3 heterocycles. The lowest BCUT2D eigenvalue weighted by molar-refractivity contribution is -0.161. The maximum absolute atomic E-state index is 14.1. The number of hydrogen-bond acceptors (Lipinski definition) is 11. The summed E-state index contributed by atoms with van der Waals surface area (Å²) >= 11 is 8.27. The molecule has 3 aliphatic heterocycles. The van der Waals surface area contributed by atoms with E-state index >= 15 is 0 Å². The molecule has 4 rings (SSSR count). The van der Waals surface area contributed by atoms with E-state index in [4.69, 9.17) is 25.8 Å². The zero-order chi connectivity index (χ0) is 39.4. The minimum absolute atomic E-state index is 0.0639. The number of amides is 3. The van der Waals surface area contributed by atoms with Crippen LogP contribution >= 0.6 is 23.4 Å². The van der Waals surface area contributed by atoms with Crippen LogP contribution in [0.25, 0.3) is 0 Å². The van der Waals surface area contributed by atoms with Crippen molar-refractivity contribution in [3.8, 4) is 0 Å². The molecule has 0 aliphatic carbocycles. The quantitative estimate of drug-likeness (QED) is 0.203. The third-order valence-electron chi connectivity index (χ3n) is 10.3. The number of nitrogens with one attached hydrogen (secondary N) is 1. The topological polar surface area (TPSA) is 172 Å². The zero-order valence-electron chi connectivity index (χ0n) is 31.4. The number of carbonyl (C=O) groups is 6. The second-order valence-corrected chi connectivity index (χ2v) is 16.6. The van der Waals surface area contributed by atoms with Crippen LogP contribution in [0.3, 0.4) is 0 Å². The van der Waals surface area contributed by atoms with Gasteiger partial charge in [-0.1, -0.05) is 56.2 Å². The summed E-state index contributed by atoms with van der Waals surface area (Å²) in [4.78, 5) is 80.4. The molecule has 290 valence electrons. The summed E-state index contributed by atoms with van der Waals surface area (Å²) < 4.78 is 17.8. The predicted octanol–water partition coefficient (Wildman–Crippen LogP) is 4.65. The first-order chi connectivity index (χ1) is 24.8. The first-order valence-corrected chi connectivity index (χ1v) is 19.1. The SMILES string of the molecule is C/C1=C\C=C\[C@@H](C=O)[C@@]2(O)C[C@H](OC(=O)N2)[C@@H](C)[C@@H]2O[C@@]2(C)[C@@H](OC(=O)[C@@H](C)N(C)C(=O)CCSC(C)C)CC(=O)N(C)c2cc(cc(C=O)c2Cl)C1. The molecule has 0 aromatic heterocycles. The maximum atomic E-state index is 14.1. The molecule has 0 spiro atoms. The molecular formula is C38H50ClN3O10S. The Hall–Kier alpha value is -3.72. The average Bonchev–Trinajstić information content (AvgIpc) is 3.79. The Morgan fingerprint density at radius 2 is 1.94 bits per heavy atom. The summed E-state index contributed by atoms with van der Waals surface area (Å²) in [5, 5.41) is 14.4. The van der Waals surface area contributed by atoms with Crippen LogP contribution in [-0.2, 0) is 39.8 Å². The van der Waals surface area contributed by atoms with Crippen LogP contribution in [0.1, 0.15) is 76.7 Å². The second kappa shape index (κ2) is 17.2. The number of carbonyl (C=O) groups excluding carboxylic acids is 6. The zero-order valence-corrected chi connectivity index (χ0v) is 33.0. The predicted molar refractivity (Wildman–Crippen MR) is 201 cm³/mol. The van der Waals surface area contributed by atoms with Crippen LogP contribution in [0.5, 0.6) is 0 Å². The van der Waals surface area contributed by atoms with Gasteiger partial charge in [-0.25, -0.2) is 9.59 Å². The number of aliphatic hydroxyl groups is 1. The Balaban J connectivity index is 1.73. The van der Waals surface area contributed by atoms with E-state index in [1.165, 1.54) is 30.0 Å². The summed E-state index contributed by atoms with van der Waals surface area (Å²) in [6, 6.07) is 2.31. The average molecular weight is 776 g/mol. The number of thioether (sulfide) groups is 1. The number of ether oxygens (including phenoxy) is 3. The molecule has 4 bridgehead atoms. The highest BCUT2D eigenvalue weighted by Gasteiger charge is 2.64. The van der Waals surface area contributed by atoms with Crippen molar-refractivity contribution in [2.75, 3.05) is 24.7 Å². The molecule has 13 nitrogen and oxygen atoms in total. The Morgan fingerprint density at radius 1 is 1.25 bits per heavy atom. The van der Waals surface area contributed by atoms with Gasteiger partial charge in [0.1, 0.15) is 30.1 Å². The molecule has 8 atom stereocenters. The van der Waals surface area contributed by atoms with Gasteiger partial charge >= 0.3 is 12.1 Å². The molecule has 0 unspecified atom stereocenters. The first-order valence-electron chi connectivity index (χ1n) is 17.6. The molecule has 2 saturated heterocycles. The van der Waals surface area contributed by atoms with Crippen molar-refractivity contribution >= 4 is 65.5 Å². The molecule has 2 N–H and O–H groups in total. The fourth-order valence-corrected chi connectivity index (χ4v) is 7.75. The normalized spacial score (nSPS) is 31.2. The Bertz CT molecular complexity index is 1670. The smallest absolute Gasteiger partial charge is 0.409 e. The third-order valence-corrected chi connectivity index (χ3v) is 11.8. The van der Waals surface area contributed by atoms with Crippen molar-refractivity contribution in [1.29, 1.82) is 0 Å². The molecule has 15 heteroatoms. The number of benzene rings is 1. The van der Waals surface area contributed by atoms with Gasteiger partial charge < -0.3 is 33.9 Å². The highest BCUT2D eigenvalue weighted by atomic mass is 35.5. The van der Waals surface area contributed by atoms with Crippen LogP contribution in [-0.4, -0.2) is 107 Å². The minimum atomic E-state index is -1.99. The van der Waals surface area contributed by atoms with E-state index in [0.717, 1.165) is 5.57 Å². The van der Waals surface area contributed by atoms with Gasteiger partial charge in [-0.15, -0.1) is 0 Å². The van der Waals surface area contributed by atoms with Crippen molar-refractivity contribution in [2.45, 2.75) is 108 Å². The van der Waals surface area contributed by atoms with E-state index in [-0.39, 0.29) is 41.4 Å². The monoisotopic (exact) mass is 775 g/mol. The van der Waals surface area contributed by atoms with Crippen LogP contribution in [0.15, 0.2) is 35.9 Å². The summed E-state index contributed by atoms with van der Waals surface area (Å²) in [6.45, 7) is 10.8. The summed E-state index contributed by atoms with van der Waals surface area (Å²) in [5.41, 5.74) is -1.35. The third kappa shape index (κ3) is 9.69. The summed E-state index contributed by atoms with van der Waals surface area (Å²) in [7, 11) is 3.02. The van der Waals surface area contributed by atoms with E-state index in [9.17, 15) is 33.9 Å². The van der Waals surface area contributed by atoms with Crippen molar-refractivity contribution in [2.24, 2.45) is 11.8 Å². The van der Waals surface area contributed by atoms with Gasteiger partial charge in [0.05, 0.1) is 29.2 Å². The molecule has 1 aromatic carbocycles. The van der Waals surface area contributed by atoms with Crippen molar-refractivity contribution in [3.05, 3.63) is 52.1 Å². The van der Waals surface area contributed by atoms with E-state index < -0.39 is 65.5 Å². The molecule has 3 aliphatic rings. The van der Waals surface area contributed by atoms with E-state index in [1.807, 2.05) is 20.8 Å². The number of epoxide rings is 1. The fourth-order valence-electron chi connectivity index (χ4n) is 6.70. The fraction of sp³-hybridized carbons (Fsp3) is 0.579. The number of esters is 1. The number of hydrogen-bond donors (Lipinski definition) is 2. The van der Waals surface area contributed by atoms with Crippen molar-refractivity contribution < 1.29 is 48.1 Å². The molecule has 3 amide bonds. The standard InChI is InChI=1S/C38H50ClN3O10S/c1-21(2)53-13-12-31(45)41(7)24(5)35(47)51-30-17-32(46)42(8)28-16-25(15-26(19-43)33(28)39)14-22(3)10-9-11-27(20-44)38(49)18-29(50-36(48)40-38)23(4)34-37(30,6)52-34/h9-11,15-16,19-21,23-24,27,29-30,34,49H,12-14,17-18H2,1-8H3,(H,40,48)/b11-9+,22-10+/t23-,24-,27+,29+,30+,34+,37+,38+/m1/s1. The van der Waals surface area contributed by atoms with E-state index in [0.29, 0.717) is 35.6 Å². The van der Waals surface area contributed by atoms with Gasteiger partial charge in [-0.05, 0) is 50.1 Å². The largest absolute Gasteiger partial charge is 0.457 e. The maximum Gasteiger partial charge on any atom is 0.409 e. The number of halogens is 1. The summed E-state index contributed by atoms with van der Waals surface area (Å²) in [6.07, 6.45) is 2.20. The van der Waals surface area contributed by atoms with E-state index in [2.05, 4.69) is 5.32 Å². The van der Waals surface area contributed by atoms with Gasteiger partial charge in [0.2, 0.25) is 11.8 Å². The number of nitrogens with zero attached hydrogens (tertiary/aromatic N) is 2. The Kier molecular flexibility index (Phi) is 13.6. The van der Waals surface area contributed by atoms with Crippen molar-refractivity contribution in [1.82, 2.24) is 10.2 Å². The lowest BCUT2D eigenvalue weighted by Gasteiger charge is -2.41. The van der Waals surface area contributed by atoms with Gasteiger partial charge in [-0.2, -0.15) is 11.8 Å². The number of allylic oxidation sites excluding steroid dienone is 3. The number of fused-ring (bicyclic) bond motifs is 5. The van der Waals surface area contributed by atoms with Crippen LogP contribution in [0.2, 0.25) is 5.02 Å².